The van der Waals surface area contributed by atoms with E-state index >= 15 is 0 Å². The number of piperazine rings is 1. The Hall–Kier alpha value is -0.590. The minimum Gasteiger partial charge on any atom is -0.304 e. The Kier molecular flexibility index (Phi) is 2.99. The van der Waals surface area contributed by atoms with Crippen LogP contribution in [0.5, 0.6) is 0 Å². The van der Waals surface area contributed by atoms with Gasteiger partial charge in [-0.25, -0.2) is 0 Å². The van der Waals surface area contributed by atoms with Crippen LogP contribution in [0.3, 0.4) is 0 Å². The molecule has 84 valence electrons. The Bertz CT molecular complexity index is 265. The van der Waals surface area contributed by atoms with Crippen molar-refractivity contribution in [3.8, 4) is 6.07 Å². The van der Waals surface area contributed by atoms with E-state index in [2.05, 4.69) is 29.8 Å². The number of hydrogen-bond acceptors (Lipinski definition) is 3. The predicted molar refractivity (Wildman–Crippen MR) is 60.4 cm³/mol. The number of hydrogen-bond donors (Lipinski definition) is 0. The molecule has 0 radical (unpaired) electrons. The summed E-state index contributed by atoms with van der Waals surface area (Å²) in [6.07, 6.45) is 3.28. The molecule has 1 aliphatic carbocycles. The molecule has 1 heterocycles. The van der Waals surface area contributed by atoms with Gasteiger partial charge in [0.1, 0.15) is 0 Å². The van der Waals surface area contributed by atoms with Crippen molar-refractivity contribution in [2.24, 2.45) is 5.41 Å². The van der Waals surface area contributed by atoms with Crippen LogP contribution in [-0.2, 0) is 0 Å². The van der Waals surface area contributed by atoms with Gasteiger partial charge in [-0.05, 0) is 32.2 Å². The molecule has 2 fully saturated rings. The fourth-order valence-electron chi connectivity index (χ4n) is 2.58. The normalized spacial score (nSPS) is 31.1. The van der Waals surface area contributed by atoms with Crippen molar-refractivity contribution >= 4 is 0 Å². The molecule has 3 heteroatoms. The van der Waals surface area contributed by atoms with Gasteiger partial charge >= 0.3 is 0 Å². The van der Waals surface area contributed by atoms with Crippen LogP contribution in [-0.4, -0.2) is 49.1 Å². The molecule has 3 nitrogen and oxygen atoms in total. The largest absolute Gasteiger partial charge is 0.304 e. The number of rotatable bonds is 3. The molecule has 1 saturated heterocycles. The monoisotopic (exact) mass is 207 g/mol. The van der Waals surface area contributed by atoms with Gasteiger partial charge in [0, 0.05) is 38.6 Å². The van der Waals surface area contributed by atoms with Crippen LogP contribution < -0.4 is 0 Å². The zero-order valence-electron chi connectivity index (χ0n) is 9.87. The summed E-state index contributed by atoms with van der Waals surface area (Å²) >= 11 is 0. The summed E-state index contributed by atoms with van der Waals surface area (Å²) in [5.74, 6) is 0. The van der Waals surface area contributed by atoms with Gasteiger partial charge in [-0.3, -0.25) is 4.90 Å². The van der Waals surface area contributed by atoms with Crippen LogP contribution >= 0.6 is 0 Å². The molecule has 0 aromatic heterocycles. The Morgan fingerprint density at radius 2 is 2.13 bits per heavy atom. The fourth-order valence-corrected chi connectivity index (χ4v) is 2.58. The minimum absolute atomic E-state index is 0.374. The van der Waals surface area contributed by atoms with Gasteiger partial charge < -0.3 is 4.90 Å². The van der Waals surface area contributed by atoms with E-state index in [4.69, 9.17) is 5.26 Å². The van der Waals surface area contributed by atoms with E-state index in [0.717, 1.165) is 13.0 Å². The molecule has 0 aromatic carbocycles. The summed E-state index contributed by atoms with van der Waals surface area (Å²) in [5.41, 5.74) is 0.374. The molecule has 0 N–H and O–H groups in total. The van der Waals surface area contributed by atoms with Gasteiger partial charge in [0.25, 0.3) is 0 Å². The third-order valence-electron chi connectivity index (χ3n) is 3.92. The quantitative estimate of drug-likeness (QED) is 0.699. The smallest absolute Gasteiger partial charge is 0.0628 e. The van der Waals surface area contributed by atoms with Gasteiger partial charge in [-0.2, -0.15) is 5.26 Å². The van der Waals surface area contributed by atoms with Gasteiger partial charge in [0.05, 0.1) is 6.07 Å². The molecular weight excluding hydrogens is 186 g/mol. The zero-order chi connectivity index (χ0) is 10.9. The molecule has 15 heavy (non-hydrogen) atoms. The molecule has 1 unspecified atom stereocenters. The van der Waals surface area contributed by atoms with Crippen molar-refractivity contribution < 1.29 is 0 Å². The lowest BCUT2D eigenvalue weighted by Gasteiger charge is -2.39. The second-order valence-corrected chi connectivity index (χ2v) is 5.42. The first kappa shape index (κ1) is 10.9. The van der Waals surface area contributed by atoms with Crippen LogP contribution in [0.2, 0.25) is 0 Å². The second-order valence-electron chi connectivity index (χ2n) is 5.42. The average molecular weight is 207 g/mol. The van der Waals surface area contributed by atoms with Gasteiger partial charge in [0.15, 0.2) is 0 Å². The maximum atomic E-state index is 8.80. The lowest BCUT2D eigenvalue weighted by Crippen LogP contribution is -2.51. The van der Waals surface area contributed by atoms with E-state index in [9.17, 15) is 0 Å². The first-order chi connectivity index (χ1) is 7.15. The van der Waals surface area contributed by atoms with Crippen LogP contribution in [0.25, 0.3) is 0 Å². The molecule has 0 amide bonds. The summed E-state index contributed by atoms with van der Waals surface area (Å²) in [7, 11) is 2.19. The van der Waals surface area contributed by atoms with Crippen molar-refractivity contribution in [2.45, 2.75) is 32.2 Å². The molecule has 1 aliphatic heterocycles. The highest BCUT2D eigenvalue weighted by molar-refractivity contribution is 5.02. The van der Waals surface area contributed by atoms with Crippen molar-refractivity contribution in [1.29, 1.82) is 5.26 Å². The minimum atomic E-state index is 0.374. The van der Waals surface area contributed by atoms with Crippen molar-refractivity contribution in [2.75, 3.05) is 33.2 Å². The summed E-state index contributed by atoms with van der Waals surface area (Å²) in [6.45, 7) is 6.97. The summed E-state index contributed by atoms with van der Waals surface area (Å²) < 4.78 is 0. The molecule has 1 saturated carbocycles. The van der Waals surface area contributed by atoms with E-state index in [-0.39, 0.29) is 0 Å². The molecule has 1 atom stereocenters. The van der Waals surface area contributed by atoms with E-state index in [1.165, 1.54) is 32.5 Å². The highest BCUT2D eigenvalue weighted by Crippen LogP contribution is 2.49. The summed E-state index contributed by atoms with van der Waals surface area (Å²) in [4.78, 5) is 4.97. The highest BCUT2D eigenvalue weighted by Gasteiger charge is 2.44. The zero-order valence-corrected chi connectivity index (χ0v) is 9.87. The number of nitrogens with zero attached hydrogens (tertiary/aromatic N) is 3. The molecule has 2 rings (SSSR count). The standard InChI is InChI=1S/C12H21N3/c1-11-9-14(2)7-8-15(11)10-12(3-4-12)5-6-13/h11H,3-5,7-10H2,1-2H3. The molecule has 0 aromatic rings. The Labute approximate surface area is 92.7 Å². The SMILES string of the molecule is CC1CN(C)CCN1CC1(CC#N)CC1. The highest BCUT2D eigenvalue weighted by atomic mass is 15.3. The lowest BCUT2D eigenvalue weighted by molar-refractivity contribution is 0.0809. The molecular formula is C12H21N3. The third kappa shape index (κ3) is 2.50. The fraction of sp³-hybridized carbons (Fsp3) is 0.917. The second kappa shape index (κ2) is 4.11. The van der Waals surface area contributed by atoms with Gasteiger partial charge in [-0.1, -0.05) is 0 Å². The summed E-state index contributed by atoms with van der Waals surface area (Å²) in [5, 5.41) is 8.80. The average Bonchev–Trinajstić information content (AvgIpc) is 2.91. The van der Waals surface area contributed by atoms with E-state index < -0.39 is 0 Å². The van der Waals surface area contributed by atoms with Crippen LogP contribution in [0, 0.1) is 16.7 Å². The maximum Gasteiger partial charge on any atom is 0.0628 e. The predicted octanol–water partition coefficient (Wildman–Crippen LogP) is 1.32. The lowest BCUT2D eigenvalue weighted by atomic mass is 10.0. The van der Waals surface area contributed by atoms with Crippen LogP contribution in [0.1, 0.15) is 26.2 Å². The number of nitriles is 1. The molecule has 0 spiro atoms. The Balaban J connectivity index is 1.87. The van der Waals surface area contributed by atoms with E-state index in [0.29, 0.717) is 11.5 Å². The van der Waals surface area contributed by atoms with Crippen molar-refractivity contribution in [3.63, 3.8) is 0 Å². The maximum absolute atomic E-state index is 8.80. The Morgan fingerprint density at radius 3 is 2.67 bits per heavy atom. The van der Waals surface area contributed by atoms with Crippen LogP contribution in [0.15, 0.2) is 0 Å². The van der Waals surface area contributed by atoms with Gasteiger partial charge in [0.2, 0.25) is 0 Å². The first-order valence-corrected chi connectivity index (χ1v) is 5.95. The van der Waals surface area contributed by atoms with Gasteiger partial charge in [-0.15, -0.1) is 0 Å². The third-order valence-corrected chi connectivity index (χ3v) is 3.92. The molecule has 2 aliphatic rings. The molecule has 0 bridgehead atoms. The van der Waals surface area contributed by atoms with Crippen molar-refractivity contribution in [1.82, 2.24) is 9.80 Å². The van der Waals surface area contributed by atoms with Crippen molar-refractivity contribution in [3.05, 3.63) is 0 Å². The number of likely N-dealkylation sites (N-methyl/N-ethyl adjacent to an activating group) is 1. The van der Waals surface area contributed by atoms with E-state index in [1.807, 2.05) is 0 Å². The van der Waals surface area contributed by atoms with Crippen LogP contribution in [0.4, 0.5) is 0 Å². The Morgan fingerprint density at radius 1 is 1.40 bits per heavy atom. The first-order valence-electron chi connectivity index (χ1n) is 5.95. The topological polar surface area (TPSA) is 30.3 Å². The van der Waals surface area contributed by atoms with E-state index in [1.54, 1.807) is 0 Å². The summed E-state index contributed by atoms with van der Waals surface area (Å²) in [6, 6.07) is 3.00.